The van der Waals surface area contributed by atoms with Crippen molar-refractivity contribution in [2.75, 3.05) is 20.8 Å². The van der Waals surface area contributed by atoms with E-state index in [1.165, 1.54) is 12.8 Å². The molecule has 0 saturated carbocycles. The molecule has 2 unspecified atom stereocenters. The molecule has 2 atom stereocenters. The molecule has 0 aliphatic carbocycles. The minimum absolute atomic E-state index is 0.653. The summed E-state index contributed by atoms with van der Waals surface area (Å²) in [5.74, 6) is 0.664. The van der Waals surface area contributed by atoms with E-state index in [9.17, 15) is 0 Å². The second kappa shape index (κ2) is 6.62. The Morgan fingerprint density at radius 1 is 1.45 bits per heavy atom. The van der Waals surface area contributed by atoms with E-state index in [4.69, 9.17) is 4.74 Å². The lowest BCUT2D eigenvalue weighted by atomic mass is 10.0. The minimum Gasteiger partial charge on any atom is -0.384 e. The molecule has 68 valence electrons. The molecule has 0 heterocycles. The second-order valence-corrected chi connectivity index (χ2v) is 3.19. The van der Waals surface area contributed by atoms with E-state index >= 15 is 0 Å². The standard InChI is InChI=1S/C9H21NO/c1-5-9(10-3)6-8(2)7-11-4/h8-10H,5-7H2,1-4H3. The highest BCUT2D eigenvalue weighted by Gasteiger charge is 2.08. The van der Waals surface area contributed by atoms with Crippen molar-refractivity contribution in [3.63, 3.8) is 0 Å². The topological polar surface area (TPSA) is 21.3 Å². The Kier molecular flexibility index (Phi) is 6.57. The Hall–Kier alpha value is -0.0800. The molecule has 0 bridgehead atoms. The van der Waals surface area contributed by atoms with Crippen molar-refractivity contribution in [2.24, 2.45) is 5.92 Å². The number of nitrogens with one attached hydrogen (secondary N) is 1. The number of methoxy groups -OCH3 is 1. The lowest BCUT2D eigenvalue weighted by molar-refractivity contribution is 0.149. The zero-order chi connectivity index (χ0) is 8.69. The van der Waals surface area contributed by atoms with E-state index in [1.54, 1.807) is 7.11 Å². The highest BCUT2D eigenvalue weighted by molar-refractivity contribution is 4.65. The fraction of sp³-hybridized carbons (Fsp3) is 1.00. The minimum atomic E-state index is 0.653. The highest BCUT2D eigenvalue weighted by Crippen LogP contribution is 2.08. The Balaban J connectivity index is 3.44. The smallest absolute Gasteiger partial charge is 0.0488 e. The van der Waals surface area contributed by atoms with Crippen LogP contribution < -0.4 is 5.32 Å². The van der Waals surface area contributed by atoms with E-state index in [-0.39, 0.29) is 0 Å². The quantitative estimate of drug-likeness (QED) is 0.636. The molecule has 0 spiro atoms. The van der Waals surface area contributed by atoms with Crippen LogP contribution >= 0.6 is 0 Å². The van der Waals surface area contributed by atoms with Crippen LogP contribution in [0.5, 0.6) is 0 Å². The maximum atomic E-state index is 5.07. The van der Waals surface area contributed by atoms with Gasteiger partial charge in [0, 0.05) is 19.8 Å². The van der Waals surface area contributed by atoms with Crippen LogP contribution in [0.3, 0.4) is 0 Å². The van der Waals surface area contributed by atoms with Crippen LogP contribution in [0.1, 0.15) is 26.7 Å². The predicted molar refractivity (Wildman–Crippen MR) is 48.8 cm³/mol. The summed E-state index contributed by atoms with van der Waals surface area (Å²) in [6.45, 7) is 5.31. The fourth-order valence-electron chi connectivity index (χ4n) is 1.33. The van der Waals surface area contributed by atoms with Gasteiger partial charge in [-0.25, -0.2) is 0 Å². The molecule has 0 radical (unpaired) electrons. The monoisotopic (exact) mass is 159 g/mol. The first kappa shape index (κ1) is 10.9. The first-order valence-corrected chi connectivity index (χ1v) is 4.40. The average Bonchev–Trinajstić information content (AvgIpc) is 2.01. The number of hydrogen-bond donors (Lipinski definition) is 1. The molecule has 1 N–H and O–H groups in total. The second-order valence-electron chi connectivity index (χ2n) is 3.19. The average molecular weight is 159 g/mol. The SMILES string of the molecule is CCC(CC(C)COC)NC. The van der Waals surface area contributed by atoms with Crippen molar-refractivity contribution in [3.8, 4) is 0 Å². The van der Waals surface area contributed by atoms with Gasteiger partial charge in [0.2, 0.25) is 0 Å². The first-order valence-electron chi connectivity index (χ1n) is 4.40. The van der Waals surface area contributed by atoms with Crippen molar-refractivity contribution in [2.45, 2.75) is 32.7 Å². The summed E-state index contributed by atoms with van der Waals surface area (Å²) in [6, 6.07) is 0.653. The molecule has 0 amide bonds. The van der Waals surface area contributed by atoms with Gasteiger partial charge in [-0.1, -0.05) is 13.8 Å². The van der Waals surface area contributed by atoms with Crippen molar-refractivity contribution < 1.29 is 4.74 Å². The fourth-order valence-corrected chi connectivity index (χ4v) is 1.33. The van der Waals surface area contributed by atoms with E-state index in [0.29, 0.717) is 12.0 Å². The van der Waals surface area contributed by atoms with Crippen molar-refractivity contribution in [1.29, 1.82) is 0 Å². The first-order chi connectivity index (χ1) is 5.24. The molecule has 11 heavy (non-hydrogen) atoms. The lowest BCUT2D eigenvalue weighted by Gasteiger charge is -2.18. The van der Waals surface area contributed by atoms with E-state index in [2.05, 4.69) is 19.2 Å². The van der Waals surface area contributed by atoms with Crippen LogP contribution in [0.25, 0.3) is 0 Å². The Labute approximate surface area is 70.3 Å². The molecule has 0 aromatic carbocycles. The Morgan fingerprint density at radius 3 is 2.45 bits per heavy atom. The lowest BCUT2D eigenvalue weighted by Crippen LogP contribution is -2.27. The largest absolute Gasteiger partial charge is 0.384 e. The molecule has 0 rings (SSSR count). The molecule has 2 heteroatoms. The van der Waals surface area contributed by atoms with E-state index in [0.717, 1.165) is 6.61 Å². The van der Waals surface area contributed by atoms with E-state index in [1.807, 2.05) is 7.05 Å². The third-order valence-corrected chi connectivity index (χ3v) is 2.04. The highest BCUT2D eigenvalue weighted by atomic mass is 16.5. The van der Waals surface area contributed by atoms with E-state index < -0.39 is 0 Å². The number of ether oxygens (including phenoxy) is 1. The summed E-state index contributed by atoms with van der Waals surface area (Å²) in [5.41, 5.74) is 0. The Morgan fingerprint density at radius 2 is 2.09 bits per heavy atom. The Bertz CT molecular complexity index is 81.6. The van der Waals surface area contributed by atoms with Crippen molar-refractivity contribution in [3.05, 3.63) is 0 Å². The van der Waals surface area contributed by atoms with Crippen LogP contribution in [0.2, 0.25) is 0 Å². The number of rotatable bonds is 6. The van der Waals surface area contributed by atoms with Gasteiger partial charge in [-0.15, -0.1) is 0 Å². The third-order valence-electron chi connectivity index (χ3n) is 2.04. The summed E-state index contributed by atoms with van der Waals surface area (Å²) >= 11 is 0. The molecule has 0 aliphatic heterocycles. The molecule has 2 nitrogen and oxygen atoms in total. The summed E-state index contributed by atoms with van der Waals surface area (Å²) in [6.07, 6.45) is 2.41. The molecular weight excluding hydrogens is 138 g/mol. The van der Waals surface area contributed by atoms with Crippen molar-refractivity contribution >= 4 is 0 Å². The van der Waals surface area contributed by atoms with Gasteiger partial charge >= 0.3 is 0 Å². The molecule has 0 saturated heterocycles. The van der Waals surface area contributed by atoms with Gasteiger partial charge in [-0.05, 0) is 25.8 Å². The van der Waals surface area contributed by atoms with Crippen LogP contribution in [-0.4, -0.2) is 26.8 Å². The third kappa shape index (κ3) is 5.22. The molecule has 0 aromatic rings. The van der Waals surface area contributed by atoms with Crippen LogP contribution in [0.4, 0.5) is 0 Å². The zero-order valence-corrected chi connectivity index (χ0v) is 8.18. The van der Waals surface area contributed by atoms with Gasteiger partial charge in [0.1, 0.15) is 0 Å². The summed E-state index contributed by atoms with van der Waals surface area (Å²) in [5, 5.41) is 3.29. The maximum absolute atomic E-state index is 5.07. The van der Waals surface area contributed by atoms with Gasteiger partial charge in [-0.2, -0.15) is 0 Å². The molecular formula is C9H21NO. The summed E-state index contributed by atoms with van der Waals surface area (Å²) in [4.78, 5) is 0. The summed E-state index contributed by atoms with van der Waals surface area (Å²) in [7, 11) is 3.78. The van der Waals surface area contributed by atoms with Gasteiger partial charge < -0.3 is 10.1 Å². The number of hydrogen-bond acceptors (Lipinski definition) is 2. The van der Waals surface area contributed by atoms with Crippen molar-refractivity contribution in [1.82, 2.24) is 5.32 Å². The van der Waals surface area contributed by atoms with Crippen LogP contribution in [0, 0.1) is 5.92 Å². The predicted octanol–water partition coefficient (Wildman–Crippen LogP) is 1.66. The van der Waals surface area contributed by atoms with Gasteiger partial charge in [0.15, 0.2) is 0 Å². The van der Waals surface area contributed by atoms with Crippen LogP contribution in [-0.2, 0) is 4.74 Å². The maximum Gasteiger partial charge on any atom is 0.0488 e. The summed E-state index contributed by atoms with van der Waals surface area (Å²) < 4.78 is 5.07. The van der Waals surface area contributed by atoms with Gasteiger partial charge in [-0.3, -0.25) is 0 Å². The van der Waals surface area contributed by atoms with Gasteiger partial charge in [0.25, 0.3) is 0 Å². The molecule has 0 fully saturated rings. The molecule has 0 aromatic heterocycles. The zero-order valence-electron chi connectivity index (χ0n) is 8.18. The molecule has 0 aliphatic rings. The van der Waals surface area contributed by atoms with Gasteiger partial charge in [0.05, 0.1) is 0 Å². The van der Waals surface area contributed by atoms with Crippen LogP contribution in [0.15, 0.2) is 0 Å². The normalized spacial score (nSPS) is 16.4.